The average molecular weight is 491 g/mol. The van der Waals surface area contributed by atoms with Crippen LogP contribution in [0.25, 0.3) is 11.0 Å². The van der Waals surface area contributed by atoms with Gasteiger partial charge in [-0.3, -0.25) is 4.90 Å². The number of aryl methyl sites for hydroxylation is 1. The zero-order valence-electron chi connectivity index (χ0n) is 21.4. The smallest absolute Gasteiger partial charge is 0.336 e. The van der Waals surface area contributed by atoms with E-state index >= 15 is 0 Å². The van der Waals surface area contributed by atoms with Gasteiger partial charge < -0.3 is 8.98 Å². The SMILES string of the molecule is CCC(c1nnc(SCc2cc(=O)oc3cc(C)c(C(C)C)cc23)n1Cc1ccccc1)N(C)C. The lowest BCUT2D eigenvalue weighted by molar-refractivity contribution is 0.272. The fourth-order valence-electron chi connectivity index (χ4n) is 4.62. The molecule has 2 heterocycles. The van der Waals surface area contributed by atoms with Crippen molar-refractivity contribution in [2.45, 2.75) is 63.5 Å². The summed E-state index contributed by atoms with van der Waals surface area (Å²) in [5.74, 6) is 1.95. The number of rotatable bonds is 9. The number of nitrogens with zero attached hydrogens (tertiary/aromatic N) is 4. The molecule has 35 heavy (non-hydrogen) atoms. The normalized spacial score (nSPS) is 12.7. The fourth-order valence-corrected chi connectivity index (χ4v) is 5.56. The van der Waals surface area contributed by atoms with Crippen molar-refractivity contribution in [1.29, 1.82) is 0 Å². The summed E-state index contributed by atoms with van der Waals surface area (Å²) in [5, 5.41) is 11.0. The van der Waals surface area contributed by atoms with Crippen molar-refractivity contribution < 1.29 is 4.42 Å². The molecule has 6 nitrogen and oxygen atoms in total. The summed E-state index contributed by atoms with van der Waals surface area (Å²) in [6.07, 6.45) is 0.937. The van der Waals surface area contributed by atoms with Crippen LogP contribution in [0.3, 0.4) is 0 Å². The Bertz CT molecular complexity index is 1360. The van der Waals surface area contributed by atoms with Gasteiger partial charge >= 0.3 is 5.63 Å². The highest BCUT2D eigenvalue weighted by Gasteiger charge is 2.22. The van der Waals surface area contributed by atoms with Crippen LogP contribution in [0.2, 0.25) is 0 Å². The van der Waals surface area contributed by atoms with Crippen LogP contribution in [0.15, 0.2) is 62.9 Å². The summed E-state index contributed by atoms with van der Waals surface area (Å²) in [4.78, 5) is 14.5. The van der Waals surface area contributed by atoms with E-state index in [4.69, 9.17) is 4.42 Å². The summed E-state index contributed by atoms with van der Waals surface area (Å²) in [6.45, 7) is 9.31. The minimum absolute atomic E-state index is 0.168. The first-order chi connectivity index (χ1) is 16.8. The molecule has 0 aliphatic carbocycles. The first-order valence-corrected chi connectivity index (χ1v) is 13.1. The summed E-state index contributed by atoms with van der Waals surface area (Å²) < 4.78 is 7.76. The van der Waals surface area contributed by atoms with E-state index in [9.17, 15) is 4.79 Å². The van der Waals surface area contributed by atoms with E-state index in [2.05, 4.69) is 91.8 Å². The molecule has 4 aromatic rings. The number of hydrogen-bond donors (Lipinski definition) is 0. The molecule has 0 saturated carbocycles. The maximum absolute atomic E-state index is 12.3. The Balaban J connectivity index is 1.72. The van der Waals surface area contributed by atoms with Crippen LogP contribution in [0.4, 0.5) is 0 Å². The second-order valence-electron chi connectivity index (χ2n) is 9.54. The van der Waals surface area contributed by atoms with Gasteiger partial charge in [0.05, 0.1) is 12.6 Å². The Labute approximate surface area is 211 Å². The zero-order valence-corrected chi connectivity index (χ0v) is 22.2. The average Bonchev–Trinajstić information content (AvgIpc) is 3.19. The van der Waals surface area contributed by atoms with Crippen LogP contribution >= 0.6 is 11.8 Å². The lowest BCUT2D eigenvalue weighted by atomic mass is 9.95. The van der Waals surface area contributed by atoms with Crippen LogP contribution in [0.5, 0.6) is 0 Å². The molecule has 0 fully saturated rings. The molecule has 0 N–H and O–H groups in total. The van der Waals surface area contributed by atoms with Crippen molar-refractivity contribution >= 4 is 22.7 Å². The molecule has 0 bridgehead atoms. The lowest BCUT2D eigenvalue weighted by Crippen LogP contribution is -2.23. The van der Waals surface area contributed by atoms with Gasteiger partial charge in [-0.25, -0.2) is 4.79 Å². The van der Waals surface area contributed by atoms with Crippen LogP contribution in [0.1, 0.15) is 67.2 Å². The number of aromatic nitrogens is 3. The molecule has 0 aliphatic rings. The van der Waals surface area contributed by atoms with Crippen molar-refractivity contribution in [2.24, 2.45) is 0 Å². The summed E-state index contributed by atoms with van der Waals surface area (Å²) in [5.41, 5.74) is 4.88. The molecule has 4 rings (SSSR count). The summed E-state index contributed by atoms with van der Waals surface area (Å²) in [7, 11) is 4.15. The third-order valence-corrected chi connectivity index (χ3v) is 7.45. The van der Waals surface area contributed by atoms with Crippen LogP contribution in [0, 0.1) is 6.92 Å². The Kier molecular flexibility index (Phi) is 7.77. The largest absolute Gasteiger partial charge is 0.423 e. The Hall–Kier alpha value is -2.90. The van der Waals surface area contributed by atoms with Gasteiger partial charge in [0.15, 0.2) is 11.0 Å². The fraction of sp³-hybridized carbons (Fsp3) is 0.393. The highest BCUT2D eigenvalue weighted by molar-refractivity contribution is 7.98. The molecule has 0 saturated heterocycles. The highest BCUT2D eigenvalue weighted by Crippen LogP contribution is 2.32. The van der Waals surface area contributed by atoms with Crippen LogP contribution < -0.4 is 5.63 Å². The maximum Gasteiger partial charge on any atom is 0.336 e. The predicted octanol–water partition coefficient (Wildman–Crippen LogP) is 6.17. The van der Waals surface area contributed by atoms with E-state index in [0.29, 0.717) is 23.8 Å². The molecular formula is C28H34N4O2S. The molecule has 184 valence electrons. The Morgan fingerprint density at radius 1 is 1.09 bits per heavy atom. The van der Waals surface area contributed by atoms with Crippen molar-refractivity contribution in [2.75, 3.05) is 14.1 Å². The molecular weight excluding hydrogens is 456 g/mol. The molecule has 2 aromatic carbocycles. The van der Waals surface area contributed by atoms with Gasteiger partial charge in [0.2, 0.25) is 0 Å². The Morgan fingerprint density at radius 3 is 2.49 bits per heavy atom. The summed E-state index contributed by atoms with van der Waals surface area (Å²) in [6, 6.07) is 16.3. The molecule has 0 amide bonds. The van der Waals surface area contributed by atoms with Gasteiger partial charge in [-0.15, -0.1) is 10.2 Å². The molecule has 7 heteroatoms. The van der Waals surface area contributed by atoms with Gasteiger partial charge in [-0.2, -0.15) is 0 Å². The van der Waals surface area contributed by atoms with Crippen LogP contribution in [-0.2, 0) is 12.3 Å². The number of fused-ring (bicyclic) bond motifs is 1. The third kappa shape index (κ3) is 5.52. The van der Waals surface area contributed by atoms with Crippen molar-refractivity contribution in [3.05, 3.63) is 87.0 Å². The monoisotopic (exact) mass is 490 g/mol. The first kappa shape index (κ1) is 25.2. The summed E-state index contributed by atoms with van der Waals surface area (Å²) >= 11 is 1.61. The second kappa shape index (κ2) is 10.8. The molecule has 0 radical (unpaired) electrons. The van der Waals surface area contributed by atoms with Crippen LogP contribution in [-0.4, -0.2) is 33.8 Å². The highest BCUT2D eigenvalue weighted by atomic mass is 32.2. The molecule has 0 aliphatic heterocycles. The standard InChI is InChI=1S/C28H34N4O2S/c1-7-24(31(5)6)27-29-30-28(32(27)16-20-11-9-8-10-12-20)35-17-21-14-26(33)34-25-13-19(4)22(18(2)3)15-23(21)25/h8-15,18,24H,7,16-17H2,1-6H3. The minimum atomic E-state index is -0.324. The molecule has 1 atom stereocenters. The second-order valence-corrected chi connectivity index (χ2v) is 10.5. The third-order valence-electron chi connectivity index (χ3n) is 6.43. The van der Waals surface area contributed by atoms with E-state index in [-0.39, 0.29) is 11.7 Å². The predicted molar refractivity (Wildman–Crippen MR) is 143 cm³/mol. The number of hydrogen-bond acceptors (Lipinski definition) is 6. The lowest BCUT2D eigenvalue weighted by Gasteiger charge is -2.23. The molecule has 2 aromatic heterocycles. The van der Waals surface area contributed by atoms with Crippen molar-refractivity contribution in [3.63, 3.8) is 0 Å². The first-order valence-electron chi connectivity index (χ1n) is 12.1. The van der Waals surface area contributed by atoms with E-state index in [0.717, 1.165) is 33.9 Å². The van der Waals surface area contributed by atoms with E-state index < -0.39 is 0 Å². The van der Waals surface area contributed by atoms with Crippen molar-refractivity contribution in [3.8, 4) is 0 Å². The topological polar surface area (TPSA) is 64.2 Å². The van der Waals surface area contributed by atoms with Crippen molar-refractivity contribution in [1.82, 2.24) is 19.7 Å². The zero-order chi connectivity index (χ0) is 25.1. The van der Waals surface area contributed by atoms with Gasteiger partial charge in [0.1, 0.15) is 5.58 Å². The quantitative estimate of drug-likeness (QED) is 0.206. The van der Waals surface area contributed by atoms with Gasteiger partial charge in [0.25, 0.3) is 0 Å². The molecule has 1 unspecified atom stereocenters. The number of benzene rings is 2. The van der Waals surface area contributed by atoms with E-state index in [1.54, 1.807) is 17.8 Å². The molecule has 0 spiro atoms. The van der Waals surface area contributed by atoms with Gasteiger partial charge in [-0.05, 0) is 67.7 Å². The van der Waals surface area contributed by atoms with Gasteiger partial charge in [0, 0.05) is 17.2 Å². The number of thioether (sulfide) groups is 1. The minimum Gasteiger partial charge on any atom is -0.423 e. The van der Waals surface area contributed by atoms with Gasteiger partial charge in [-0.1, -0.05) is 62.9 Å². The van der Waals surface area contributed by atoms with E-state index in [1.807, 2.05) is 12.1 Å². The van der Waals surface area contributed by atoms with E-state index in [1.165, 1.54) is 11.1 Å². The maximum atomic E-state index is 12.3. The Morgan fingerprint density at radius 2 is 1.83 bits per heavy atom.